The Morgan fingerprint density at radius 1 is 1.53 bits per heavy atom. The summed E-state index contributed by atoms with van der Waals surface area (Å²) in [4.78, 5) is 11.0. The van der Waals surface area contributed by atoms with E-state index in [0.717, 1.165) is 18.9 Å². The van der Waals surface area contributed by atoms with Gasteiger partial charge in [-0.25, -0.2) is 4.79 Å². The average Bonchev–Trinajstić information content (AvgIpc) is 2.50. The molecule has 4 heteroatoms. The van der Waals surface area contributed by atoms with Crippen LogP contribution in [0.1, 0.15) is 12.8 Å². The van der Waals surface area contributed by atoms with Gasteiger partial charge in [0.15, 0.2) is 0 Å². The van der Waals surface area contributed by atoms with Crippen LogP contribution in [0.25, 0.3) is 0 Å². The first-order valence-corrected chi connectivity index (χ1v) is 9.06. The second-order valence-corrected chi connectivity index (χ2v) is 10.6. The Bertz CT molecular complexity index is 265. The molecule has 86 valence electrons. The zero-order valence-electron chi connectivity index (χ0n) is 10.0. The van der Waals surface area contributed by atoms with E-state index in [-0.39, 0.29) is 6.10 Å². The lowest BCUT2D eigenvalue weighted by Crippen LogP contribution is -2.25. The quantitative estimate of drug-likeness (QED) is 0.423. The third-order valence-electron chi connectivity index (χ3n) is 2.39. The Morgan fingerprint density at radius 3 is 2.73 bits per heavy atom. The van der Waals surface area contributed by atoms with Gasteiger partial charge in [0.25, 0.3) is 0 Å². The lowest BCUT2D eigenvalue weighted by atomic mass is 10.2. The van der Waals surface area contributed by atoms with Crippen molar-refractivity contribution in [1.29, 1.82) is 0 Å². The molecular weight excluding hydrogens is 208 g/mol. The summed E-state index contributed by atoms with van der Waals surface area (Å²) in [6, 6.07) is 1.11. The Morgan fingerprint density at radius 2 is 2.20 bits per heavy atom. The topological polar surface area (TPSA) is 35.5 Å². The molecule has 0 saturated heterocycles. The van der Waals surface area contributed by atoms with E-state index in [1.165, 1.54) is 12.7 Å². The van der Waals surface area contributed by atoms with Crippen LogP contribution in [0.2, 0.25) is 25.7 Å². The molecule has 1 atom stereocenters. The van der Waals surface area contributed by atoms with Gasteiger partial charge in [-0.2, -0.15) is 0 Å². The molecule has 0 radical (unpaired) electrons. The minimum Gasteiger partial charge on any atom is -0.438 e. The number of hydrogen-bond acceptors (Lipinski definition) is 3. The van der Waals surface area contributed by atoms with Crippen molar-refractivity contribution in [2.24, 2.45) is 0 Å². The van der Waals surface area contributed by atoms with Gasteiger partial charge < -0.3 is 9.47 Å². The molecule has 15 heavy (non-hydrogen) atoms. The molecule has 0 spiro atoms. The molecule has 0 amide bonds. The molecule has 0 aliphatic heterocycles. The Labute approximate surface area is 92.5 Å². The first-order valence-electron chi connectivity index (χ1n) is 5.36. The predicted molar refractivity (Wildman–Crippen MR) is 62.7 cm³/mol. The van der Waals surface area contributed by atoms with Gasteiger partial charge >= 0.3 is 6.16 Å². The van der Waals surface area contributed by atoms with Crippen molar-refractivity contribution in [3.8, 4) is 0 Å². The fourth-order valence-electron chi connectivity index (χ4n) is 1.83. The van der Waals surface area contributed by atoms with Crippen LogP contribution in [-0.2, 0) is 9.47 Å². The number of methoxy groups -OCH3 is 1. The standard InChI is InChI=1S/C11H20O3Si/c1-13-11(12)14-10-7-5-6-9(10)8-15(2,3)4/h6,10H,5,7-8H2,1-4H3. The van der Waals surface area contributed by atoms with Gasteiger partial charge in [0, 0.05) is 8.07 Å². The van der Waals surface area contributed by atoms with E-state index < -0.39 is 14.2 Å². The van der Waals surface area contributed by atoms with Gasteiger partial charge in [0.05, 0.1) is 7.11 Å². The molecule has 1 rings (SSSR count). The summed E-state index contributed by atoms with van der Waals surface area (Å²) >= 11 is 0. The van der Waals surface area contributed by atoms with E-state index in [1.54, 1.807) is 0 Å². The second-order valence-electron chi connectivity index (χ2n) is 5.15. The number of carbonyl (C=O) groups is 1. The third kappa shape index (κ3) is 4.07. The maximum atomic E-state index is 11.0. The van der Waals surface area contributed by atoms with E-state index in [0.29, 0.717) is 0 Å². The van der Waals surface area contributed by atoms with E-state index in [9.17, 15) is 4.79 Å². The Kier molecular flexibility index (Phi) is 3.96. The fraction of sp³-hybridized carbons (Fsp3) is 0.727. The first kappa shape index (κ1) is 12.3. The predicted octanol–water partition coefficient (Wildman–Crippen LogP) is 3.20. The average molecular weight is 228 g/mol. The monoisotopic (exact) mass is 228 g/mol. The highest BCUT2D eigenvalue weighted by Gasteiger charge is 2.27. The molecule has 0 heterocycles. The third-order valence-corrected chi connectivity index (χ3v) is 3.86. The minimum absolute atomic E-state index is 0.0378. The number of carbonyl (C=O) groups excluding carboxylic acids is 1. The highest BCUT2D eigenvalue weighted by Crippen LogP contribution is 2.29. The van der Waals surface area contributed by atoms with E-state index >= 15 is 0 Å². The van der Waals surface area contributed by atoms with Gasteiger partial charge in [-0.3, -0.25) is 0 Å². The molecular formula is C11H20O3Si. The smallest absolute Gasteiger partial charge is 0.438 e. The van der Waals surface area contributed by atoms with E-state index in [4.69, 9.17) is 4.74 Å². The number of allylic oxidation sites excluding steroid dienone is 1. The minimum atomic E-state index is -1.13. The largest absolute Gasteiger partial charge is 0.508 e. The van der Waals surface area contributed by atoms with Crippen LogP contribution >= 0.6 is 0 Å². The zero-order chi connectivity index (χ0) is 11.5. The molecule has 0 N–H and O–H groups in total. The maximum absolute atomic E-state index is 11.0. The molecule has 1 aliphatic rings. The van der Waals surface area contributed by atoms with Crippen LogP contribution in [0.3, 0.4) is 0 Å². The van der Waals surface area contributed by atoms with Crippen LogP contribution in [0.5, 0.6) is 0 Å². The molecule has 0 bridgehead atoms. The van der Waals surface area contributed by atoms with E-state index in [1.807, 2.05) is 0 Å². The molecule has 0 fully saturated rings. The van der Waals surface area contributed by atoms with E-state index in [2.05, 4.69) is 30.5 Å². The van der Waals surface area contributed by atoms with Gasteiger partial charge in [0.2, 0.25) is 0 Å². The summed E-state index contributed by atoms with van der Waals surface area (Å²) in [6.07, 6.45) is 3.54. The first-order chi connectivity index (χ1) is 6.92. The van der Waals surface area contributed by atoms with Crippen molar-refractivity contribution < 1.29 is 14.3 Å². The van der Waals surface area contributed by atoms with Crippen LogP contribution in [-0.4, -0.2) is 27.4 Å². The van der Waals surface area contributed by atoms with Crippen molar-refractivity contribution in [2.45, 2.75) is 44.6 Å². The van der Waals surface area contributed by atoms with Crippen molar-refractivity contribution >= 4 is 14.2 Å². The Hall–Kier alpha value is -0.773. The lowest BCUT2D eigenvalue weighted by molar-refractivity contribution is 0.0493. The molecule has 1 aliphatic carbocycles. The van der Waals surface area contributed by atoms with Crippen LogP contribution in [0.15, 0.2) is 11.6 Å². The van der Waals surface area contributed by atoms with Gasteiger partial charge in [-0.15, -0.1) is 0 Å². The molecule has 0 aromatic carbocycles. The molecule has 3 nitrogen and oxygen atoms in total. The summed E-state index contributed by atoms with van der Waals surface area (Å²) in [5.41, 5.74) is 1.29. The fourth-order valence-corrected chi connectivity index (χ4v) is 3.43. The number of ether oxygens (including phenoxy) is 2. The molecule has 1 unspecified atom stereocenters. The Balaban J connectivity index is 2.53. The number of hydrogen-bond donors (Lipinski definition) is 0. The van der Waals surface area contributed by atoms with Gasteiger partial charge in [0.1, 0.15) is 6.10 Å². The summed E-state index contributed by atoms with van der Waals surface area (Å²) in [5, 5.41) is 0. The normalized spacial score (nSPS) is 21.1. The van der Waals surface area contributed by atoms with Crippen LogP contribution < -0.4 is 0 Å². The maximum Gasteiger partial charge on any atom is 0.508 e. The summed E-state index contributed by atoms with van der Waals surface area (Å²) < 4.78 is 9.73. The summed E-state index contributed by atoms with van der Waals surface area (Å²) in [6.45, 7) is 6.96. The highest BCUT2D eigenvalue weighted by atomic mass is 28.3. The van der Waals surface area contributed by atoms with Crippen molar-refractivity contribution in [1.82, 2.24) is 0 Å². The van der Waals surface area contributed by atoms with Crippen molar-refractivity contribution in [2.75, 3.05) is 7.11 Å². The summed E-state index contributed by atoms with van der Waals surface area (Å²) in [7, 11) is 0.221. The number of rotatable bonds is 3. The highest BCUT2D eigenvalue weighted by molar-refractivity contribution is 6.76. The molecule has 0 saturated carbocycles. The van der Waals surface area contributed by atoms with Gasteiger partial charge in [-0.1, -0.05) is 25.7 Å². The van der Waals surface area contributed by atoms with Crippen molar-refractivity contribution in [3.63, 3.8) is 0 Å². The van der Waals surface area contributed by atoms with Crippen LogP contribution in [0, 0.1) is 0 Å². The summed E-state index contributed by atoms with van der Waals surface area (Å²) in [5.74, 6) is 0. The lowest BCUT2D eigenvalue weighted by Gasteiger charge is -2.21. The second kappa shape index (κ2) is 4.83. The van der Waals surface area contributed by atoms with Gasteiger partial charge in [-0.05, 0) is 24.5 Å². The SMILES string of the molecule is COC(=O)OC1CCC=C1C[Si](C)(C)C. The van der Waals surface area contributed by atoms with Crippen molar-refractivity contribution in [3.05, 3.63) is 11.6 Å². The molecule has 0 aromatic heterocycles. The zero-order valence-corrected chi connectivity index (χ0v) is 11.0. The molecule has 0 aromatic rings. The van der Waals surface area contributed by atoms with Crippen LogP contribution in [0.4, 0.5) is 4.79 Å².